The molecule has 0 unspecified atom stereocenters. The maximum absolute atomic E-state index is 12.0. The van der Waals surface area contributed by atoms with Crippen molar-refractivity contribution in [2.24, 2.45) is 7.05 Å². The molecule has 2 aromatic rings. The van der Waals surface area contributed by atoms with Crippen molar-refractivity contribution >= 4 is 22.4 Å². The first kappa shape index (κ1) is 14.4. The largest absolute Gasteiger partial charge is 0.319 e. The quantitative estimate of drug-likeness (QED) is 0.912. The van der Waals surface area contributed by atoms with E-state index >= 15 is 0 Å². The fourth-order valence-electron chi connectivity index (χ4n) is 1.59. The van der Waals surface area contributed by atoms with E-state index in [4.69, 9.17) is 0 Å². The zero-order valence-electron chi connectivity index (χ0n) is 11.4. The molecule has 0 aliphatic carbocycles. The van der Waals surface area contributed by atoms with Crippen molar-refractivity contribution in [1.82, 2.24) is 14.8 Å². The molecule has 0 bridgehead atoms. The maximum Gasteiger partial charge on any atom is 0.257 e. The zero-order chi connectivity index (χ0) is 14.5. The number of aromatic nitrogens is 3. The summed E-state index contributed by atoms with van der Waals surface area (Å²) in [7, 11) is 1.63. The van der Waals surface area contributed by atoms with Crippen LogP contribution >= 0.6 is 11.3 Å². The molecule has 7 heteroatoms. The molecule has 0 aromatic carbocycles. The Morgan fingerprint density at radius 1 is 1.45 bits per heavy atom. The molecule has 2 heterocycles. The predicted octanol–water partition coefficient (Wildman–Crippen LogP) is 1.83. The van der Waals surface area contributed by atoms with Gasteiger partial charge in [-0.15, -0.1) is 10.2 Å². The average molecular weight is 292 g/mol. The van der Waals surface area contributed by atoms with Gasteiger partial charge in [0.15, 0.2) is 0 Å². The second kappa shape index (κ2) is 6.42. The lowest BCUT2D eigenvalue weighted by molar-refractivity contribution is 0.102. The molecule has 0 atom stereocenters. The Morgan fingerprint density at radius 3 is 2.95 bits per heavy atom. The van der Waals surface area contributed by atoms with Crippen molar-refractivity contribution < 1.29 is 4.79 Å². The first-order valence-electron chi connectivity index (χ1n) is 6.40. The van der Waals surface area contributed by atoms with E-state index in [0.29, 0.717) is 10.7 Å². The van der Waals surface area contributed by atoms with Crippen LogP contribution in [-0.4, -0.2) is 20.7 Å². The van der Waals surface area contributed by atoms with E-state index in [-0.39, 0.29) is 11.5 Å². The zero-order valence-corrected chi connectivity index (χ0v) is 12.2. The maximum atomic E-state index is 12.0. The molecule has 0 aliphatic heterocycles. The Balaban J connectivity index is 2.05. The molecule has 6 nitrogen and oxygen atoms in total. The summed E-state index contributed by atoms with van der Waals surface area (Å²) in [5.41, 5.74) is 0.0944. The molecule has 1 amide bonds. The van der Waals surface area contributed by atoms with Gasteiger partial charge >= 0.3 is 0 Å². The Hall–Kier alpha value is -2.02. The lowest BCUT2D eigenvalue weighted by Gasteiger charge is -2.01. The van der Waals surface area contributed by atoms with E-state index < -0.39 is 0 Å². The van der Waals surface area contributed by atoms with E-state index in [0.717, 1.165) is 24.3 Å². The number of nitrogens with zero attached hydrogens (tertiary/aromatic N) is 3. The molecule has 0 fully saturated rings. The summed E-state index contributed by atoms with van der Waals surface area (Å²) in [4.78, 5) is 23.5. The van der Waals surface area contributed by atoms with Crippen molar-refractivity contribution in [3.8, 4) is 0 Å². The molecule has 1 N–H and O–H groups in total. The van der Waals surface area contributed by atoms with Crippen molar-refractivity contribution in [2.75, 3.05) is 5.32 Å². The number of carbonyl (C=O) groups excluding carboxylic acids is 1. The topological polar surface area (TPSA) is 76.9 Å². The van der Waals surface area contributed by atoms with Crippen LogP contribution in [0, 0.1) is 0 Å². The highest BCUT2D eigenvalue weighted by Crippen LogP contribution is 2.17. The summed E-state index contributed by atoms with van der Waals surface area (Å²) in [6.07, 6.45) is 4.58. The lowest BCUT2D eigenvalue weighted by atomic mass is 10.2. The summed E-state index contributed by atoms with van der Waals surface area (Å²) in [6, 6.07) is 2.89. The number of aryl methyl sites for hydroxylation is 2. The van der Waals surface area contributed by atoms with Gasteiger partial charge in [0.25, 0.3) is 11.5 Å². The van der Waals surface area contributed by atoms with Crippen LogP contribution in [0.1, 0.15) is 35.1 Å². The van der Waals surface area contributed by atoms with Crippen LogP contribution in [0.25, 0.3) is 0 Å². The summed E-state index contributed by atoms with van der Waals surface area (Å²) >= 11 is 1.37. The summed E-state index contributed by atoms with van der Waals surface area (Å²) in [5.74, 6) is -0.346. The third-order valence-electron chi connectivity index (χ3n) is 2.80. The Morgan fingerprint density at radius 2 is 2.25 bits per heavy atom. The first-order valence-corrected chi connectivity index (χ1v) is 7.22. The minimum atomic E-state index is -0.346. The van der Waals surface area contributed by atoms with Crippen LogP contribution in [0.2, 0.25) is 0 Å². The van der Waals surface area contributed by atoms with Crippen molar-refractivity contribution in [3.05, 3.63) is 39.3 Å². The Labute approximate surface area is 120 Å². The predicted molar refractivity (Wildman–Crippen MR) is 78.2 cm³/mol. The second-order valence-corrected chi connectivity index (χ2v) is 5.49. The van der Waals surface area contributed by atoms with Crippen molar-refractivity contribution in [1.29, 1.82) is 0 Å². The lowest BCUT2D eigenvalue weighted by Crippen LogP contribution is -2.19. The molecule has 0 spiro atoms. The van der Waals surface area contributed by atoms with Crippen LogP contribution in [-0.2, 0) is 13.5 Å². The minimum absolute atomic E-state index is 0.224. The van der Waals surface area contributed by atoms with E-state index in [1.807, 2.05) is 0 Å². The molecule has 0 saturated heterocycles. The monoisotopic (exact) mass is 292 g/mol. The number of anilines is 1. The molecule has 106 valence electrons. The molecule has 0 aliphatic rings. The summed E-state index contributed by atoms with van der Waals surface area (Å²) < 4.78 is 1.41. The van der Waals surface area contributed by atoms with Gasteiger partial charge in [0.2, 0.25) is 5.13 Å². The third-order valence-corrected chi connectivity index (χ3v) is 3.70. The minimum Gasteiger partial charge on any atom is -0.319 e. The number of amides is 1. The van der Waals surface area contributed by atoms with Crippen molar-refractivity contribution in [3.63, 3.8) is 0 Å². The van der Waals surface area contributed by atoms with Gasteiger partial charge in [-0.05, 0) is 12.5 Å². The summed E-state index contributed by atoms with van der Waals surface area (Å²) in [5, 5.41) is 12.0. The van der Waals surface area contributed by atoms with Gasteiger partial charge in [-0.2, -0.15) is 0 Å². The van der Waals surface area contributed by atoms with E-state index in [1.165, 1.54) is 22.0 Å². The third kappa shape index (κ3) is 3.51. The fourth-order valence-corrected chi connectivity index (χ4v) is 2.37. The SMILES string of the molecule is CCCCc1nnc(NC(=O)c2ccn(C)c(=O)c2)s1. The number of hydrogen-bond donors (Lipinski definition) is 1. The highest BCUT2D eigenvalue weighted by molar-refractivity contribution is 7.15. The van der Waals surface area contributed by atoms with Gasteiger partial charge in [0.05, 0.1) is 0 Å². The van der Waals surface area contributed by atoms with E-state index in [2.05, 4.69) is 22.4 Å². The molecule has 2 aromatic heterocycles. The molecular formula is C13H16N4O2S. The second-order valence-electron chi connectivity index (χ2n) is 4.42. The van der Waals surface area contributed by atoms with E-state index in [1.54, 1.807) is 19.3 Å². The van der Waals surface area contributed by atoms with Crippen LogP contribution < -0.4 is 10.9 Å². The summed E-state index contributed by atoms with van der Waals surface area (Å²) in [6.45, 7) is 2.11. The molecular weight excluding hydrogens is 276 g/mol. The van der Waals surface area contributed by atoms with Gasteiger partial charge in [-0.1, -0.05) is 24.7 Å². The molecule has 20 heavy (non-hydrogen) atoms. The van der Waals surface area contributed by atoms with Gasteiger partial charge in [-0.3, -0.25) is 14.9 Å². The Bertz CT molecular complexity index is 662. The Kier molecular flexibility index (Phi) is 4.62. The smallest absolute Gasteiger partial charge is 0.257 e. The number of rotatable bonds is 5. The standard InChI is InChI=1S/C13H16N4O2S/c1-3-4-5-10-15-16-13(20-10)14-12(19)9-6-7-17(2)11(18)8-9/h6-8H,3-5H2,1-2H3,(H,14,16,19). The highest BCUT2D eigenvalue weighted by atomic mass is 32.1. The fraction of sp³-hybridized carbons (Fsp3) is 0.385. The van der Waals surface area contributed by atoms with Gasteiger partial charge in [0, 0.05) is 31.3 Å². The number of nitrogens with one attached hydrogen (secondary N) is 1. The normalized spacial score (nSPS) is 10.5. The van der Waals surface area contributed by atoms with Crippen LogP contribution in [0.5, 0.6) is 0 Å². The van der Waals surface area contributed by atoms with Crippen molar-refractivity contribution in [2.45, 2.75) is 26.2 Å². The number of pyridine rings is 1. The molecule has 0 radical (unpaired) electrons. The van der Waals surface area contributed by atoms with E-state index in [9.17, 15) is 9.59 Å². The van der Waals surface area contributed by atoms with Gasteiger partial charge in [0.1, 0.15) is 5.01 Å². The highest BCUT2D eigenvalue weighted by Gasteiger charge is 2.10. The number of unbranched alkanes of at least 4 members (excludes halogenated alkanes) is 1. The average Bonchev–Trinajstić information content (AvgIpc) is 2.87. The number of carbonyl (C=O) groups is 1. The van der Waals surface area contributed by atoms with Gasteiger partial charge < -0.3 is 4.57 Å². The molecule has 2 rings (SSSR count). The van der Waals surface area contributed by atoms with Crippen LogP contribution in [0.4, 0.5) is 5.13 Å². The van der Waals surface area contributed by atoms with Crippen LogP contribution in [0.15, 0.2) is 23.1 Å². The number of hydrogen-bond acceptors (Lipinski definition) is 5. The molecule has 0 saturated carbocycles. The van der Waals surface area contributed by atoms with Crippen LogP contribution in [0.3, 0.4) is 0 Å². The van der Waals surface area contributed by atoms with Gasteiger partial charge in [-0.25, -0.2) is 0 Å². The first-order chi connectivity index (χ1) is 9.60.